The van der Waals surface area contributed by atoms with Gasteiger partial charge in [0.2, 0.25) is 0 Å². The quantitative estimate of drug-likeness (QED) is 0.351. The van der Waals surface area contributed by atoms with Gasteiger partial charge in [-0.2, -0.15) is 0 Å². The Balaban J connectivity index is -0.000000845. The van der Waals surface area contributed by atoms with Gasteiger partial charge in [0.05, 0.1) is 13.1 Å². The molecule has 16 heavy (non-hydrogen) atoms. The van der Waals surface area contributed by atoms with E-state index in [4.69, 9.17) is 10.2 Å². The molecule has 2 radical (unpaired) electrons. The molecule has 0 saturated carbocycles. The molecule has 0 aromatic rings. The fourth-order valence-electron chi connectivity index (χ4n) is 1.01. The van der Waals surface area contributed by atoms with E-state index in [-0.39, 0.29) is 72.2 Å². The zero-order valence-electron chi connectivity index (χ0n) is 10.2. The van der Waals surface area contributed by atoms with Gasteiger partial charge < -0.3 is 15.5 Å². The van der Waals surface area contributed by atoms with E-state index in [1.54, 1.807) is 0 Å². The van der Waals surface area contributed by atoms with Crippen molar-refractivity contribution >= 4 is 71.1 Å². The summed E-state index contributed by atoms with van der Waals surface area (Å²) in [5.74, 6) is -2.02. The van der Waals surface area contributed by atoms with Gasteiger partial charge in [-0.15, -0.1) is 0 Å². The minimum Gasteiger partial charge on any atom is -0.480 e. The molecular weight excluding hydrogens is 234 g/mol. The zero-order chi connectivity index (χ0) is 11.0. The zero-order valence-corrected chi connectivity index (χ0v) is 14.2. The number of carboxylic acid groups (broad SMARTS) is 2. The summed E-state index contributed by atoms with van der Waals surface area (Å²) in [5, 5.41) is 20.0. The monoisotopic (exact) mass is 250 g/mol. The SMILES string of the molecule is CCNCCN(CC(=O)O)CC(=O)O.[Na].[Na]. The molecule has 0 bridgehead atoms. The standard InChI is InChI=1S/C8H16N2O4.2Na/c1-2-9-3-4-10(5-7(11)12)6-8(13)14;;/h9H,2-6H2,1H3,(H,11,12)(H,13,14);;. The second-order valence-corrected chi connectivity index (χ2v) is 2.85. The van der Waals surface area contributed by atoms with Crippen molar-refractivity contribution in [2.24, 2.45) is 0 Å². The molecule has 6 nitrogen and oxygen atoms in total. The normalized spacial score (nSPS) is 9.12. The molecule has 0 aliphatic carbocycles. The molecule has 0 aliphatic rings. The number of nitrogens with one attached hydrogen (secondary N) is 1. The fourth-order valence-corrected chi connectivity index (χ4v) is 1.01. The second-order valence-electron chi connectivity index (χ2n) is 2.85. The molecule has 0 spiro atoms. The molecule has 0 saturated heterocycles. The maximum Gasteiger partial charge on any atom is 0.317 e. The number of hydrogen-bond acceptors (Lipinski definition) is 4. The number of likely N-dealkylation sites (N-methyl/N-ethyl adjacent to an activating group) is 1. The number of aliphatic carboxylic acids is 2. The first-order chi connectivity index (χ1) is 6.56. The Morgan fingerprint density at radius 3 is 1.88 bits per heavy atom. The van der Waals surface area contributed by atoms with Gasteiger partial charge in [-0.25, -0.2) is 0 Å². The molecule has 8 heteroatoms. The molecule has 0 amide bonds. The minimum absolute atomic E-state index is 0. The Hall–Kier alpha value is 0.860. The summed E-state index contributed by atoms with van der Waals surface area (Å²) in [6.45, 7) is 3.26. The van der Waals surface area contributed by atoms with Gasteiger partial charge in [-0.05, 0) is 6.54 Å². The van der Waals surface area contributed by atoms with Crippen LogP contribution in [-0.4, -0.2) is 119 Å². The Bertz CT molecular complexity index is 188. The molecule has 0 heterocycles. The van der Waals surface area contributed by atoms with Crippen molar-refractivity contribution in [2.75, 3.05) is 32.7 Å². The second kappa shape index (κ2) is 13.9. The molecule has 0 aromatic carbocycles. The van der Waals surface area contributed by atoms with Crippen molar-refractivity contribution < 1.29 is 19.8 Å². The number of rotatable bonds is 8. The van der Waals surface area contributed by atoms with Gasteiger partial charge in [0.25, 0.3) is 0 Å². The summed E-state index contributed by atoms with van der Waals surface area (Å²) < 4.78 is 0. The van der Waals surface area contributed by atoms with Crippen molar-refractivity contribution in [1.82, 2.24) is 10.2 Å². The topological polar surface area (TPSA) is 89.9 Å². The van der Waals surface area contributed by atoms with Crippen molar-refractivity contribution in [1.29, 1.82) is 0 Å². The first-order valence-corrected chi connectivity index (χ1v) is 4.43. The van der Waals surface area contributed by atoms with Crippen molar-refractivity contribution in [3.63, 3.8) is 0 Å². The van der Waals surface area contributed by atoms with Crippen LogP contribution in [0.4, 0.5) is 0 Å². The van der Waals surface area contributed by atoms with Gasteiger partial charge in [0.15, 0.2) is 0 Å². The van der Waals surface area contributed by atoms with E-state index in [9.17, 15) is 9.59 Å². The maximum absolute atomic E-state index is 10.4. The molecule has 0 rings (SSSR count). The van der Waals surface area contributed by atoms with Crippen molar-refractivity contribution in [3.8, 4) is 0 Å². The van der Waals surface area contributed by atoms with Crippen LogP contribution in [0.25, 0.3) is 0 Å². The van der Waals surface area contributed by atoms with E-state index >= 15 is 0 Å². The van der Waals surface area contributed by atoms with Crippen LogP contribution in [0.2, 0.25) is 0 Å². The third-order valence-electron chi connectivity index (χ3n) is 1.57. The summed E-state index contributed by atoms with van der Waals surface area (Å²) in [7, 11) is 0. The number of carboxylic acids is 2. The smallest absolute Gasteiger partial charge is 0.317 e. The third-order valence-corrected chi connectivity index (χ3v) is 1.57. The van der Waals surface area contributed by atoms with Gasteiger partial charge in [-0.1, -0.05) is 6.92 Å². The van der Waals surface area contributed by atoms with Crippen molar-refractivity contribution in [3.05, 3.63) is 0 Å². The summed E-state index contributed by atoms with van der Waals surface area (Å²) in [6.07, 6.45) is 0. The molecule has 0 unspecified atom stereocenters. The van der Waals surface area contributed by atoms with Crippen LogP contribution < -0.4 is 5.32 Å². The number of carbonyl (C=O) groups is 2. The van der Waals surface area contributed by atoms with Crippen LogP contribution in [0.1, 0.15) is 6.92 Å². The van der Waals surface area contributed by atoms with Crippen LogP contribution in [0.3, 0.4) is 0 Å². The average Bonchev–Trinajstić information content (AvgIpc) is 2.02. The van der Waals surface area contributed by atoms with Gasteiger partial charge in [0.1, 0.15) is 0 Å². The van der Waals surface area contributed by atoms with Gasteiger partial charge in [0, 0.05) is 72.2 Å². The molecule has 3 N–H and O–H groups in total. The molecule has 0 fully saturated rings. The summed E-state index contributed by atoms with van der Waals surface area (Å²) in [4.78, 5) is 22.1. The predicted molar refractivity (Wildman–Crippen MR) is 61.8 cm³/mol. The molecule has 84 valence electrons. The molecule has 0 aromatic heterocycles. The first kappa shape index (κ1) is 22.1. The van der Waals surface area contributed by atoms with Crippen LogP contribution >= 0.6 is 0 Å². The fraction of sp³-hybridized carbons (Fsp3) is 0.750. The maximum atomic E-state index is 10.4. The Labute approximate surface area is 139 Å². The van der Waals surface area contributed by atoms with Crippen LogP contribution in [-0.2, 0) is 9.59 Å². The van der Waals surface area contributed by atoms with Gasteiger partial charge in [-0.3, -0.25) is 14.5 Å². The van der Waals surface area contributed by atoms with Crippen molar-refractivity contribution in [2.45, 2.75) is 6.92 Å². The summed E-state index contributed by atoms with van der Waals surface area (Å²) >= 11 is 0. The third kappa shape index (κ3) is 14.9. The summed E-state index contributed by atoms with van der Waals surface area (Å²) in [5.41, 5.74) is 0. The molecule has 0 aliphatic heterocycles. The Kier molecular flexibility index (Phi) is 19.2. The van der Waals surface area contributed by atoms with E-state index in [0.717, 1.165) is 6.54 Å². The van der Waals surface area contributed by atoms with E-state index in [0.29, 0.717) is 13.1 Å². The largest absolute Gasteiger partial charge is 0.480 e. The number of hydrogen-bond donors (Lipinski definition) is 3. The van der Waals surface area contributed by atoms with Crippen LogP contribution in [0, 0.1) is 0 Å². The van der Waals surface area contributed by atoms with E-state index < -0.39 is 11.9 Å². The van der Waals surface area contributed by atoms with Gasteiger partial charge >= 0.3 is 11.9 Å². The molecular formula is C8H16N2Na2O4. The first-order valence-electron chi connectivity index (χ1n) is 4.43. The van der Waals surface area contributed by atoms with Crippen LogP contribution in [0.15, 0.2) is 0 Å². The van der Waals surface area contributed by atoms with E-state index in [2.05, 4.69) is 5.32 Å². The number of nitrogens with zero attached hydrogens (tertiary/aromatic N) is 1. The van der Waals surface area contributed by atoms with E-state index in [1.807, 2.05) is 6.92 Å². The Morgan fingerprint density at radius 1 is 1.12 bits per heavy atom. The van der Waals surface area contributed by atoms with E-state index in [1.165, 1.54) is 4.90 Å². The minimum atomic E-state index is -1.01. The van der Waals surface area contributed by atoms with Crippen LogP contribution in [0.5, 0.6) is 0 Å². The molecule has 0 atom stereocenters. The average molecular weight is 250 g/mol. The predicted octanol–water partition coefficient (Wildman–Crippen LogP) is -1.69. The summed E-state index contributed by atoms with van der Waals surface area (Å²) in [6, 6.07) is 0. The Morgan fingerprint density at radius 2 is 1.56 bits per heavy atom.